The lowest BCUT2D eigenvalue weighted by Gasteiger charge is -2.09. The average molecular weight is 348 g/mol. The van der Waals surface area contributed by atoms with Crippen molar-refractivity contribution in [3.05, 3.63) is 46.6 Å². The van der Waals surface area contributed by atoms with Crippen molar-refractivity contribution < 1.29 is 13.2 Å². The summed E-state index contributed by atoms with van der Waals surface area (Å²) in [6.07, 6.45) is -4.52. The van der Waals surface area contributed by atoms with Gasteiger partial charge in [0, 0.05) is 11.4 Å². The Morgan fingerprint density at radius 3 is 2.58 bits per heavy atom. The lowest BCUT2D eigenvalue weighted by Crippen LogP contribution is -2.07. The second-order valence-electron chi connectivity index (χ2n) is 5.50. The third kappa shape index (κ3) is 2.25. The Kier molecular flexibility index (Phi) is 3.14. The van der Waals surface area contributed by atoms with Crippen molar-refractivity contribution in [3.63, 3.8) is 0 Å². The van der Waals surface area contributed by atoms with Gasteiger partial charge in [-0.2, -0.15) is 13.2 Å². The minimum atomic E-state index is -4.52. The van der Waals surface area contributed by atoms with Crippen LogP contribution in [0, 0.1) is 13.8 Å². The van der Waals surface area contributed by atoms with Crippen LogP contribution in [0.1, 0.15) is 17.0 Å². The molecule has 0 saturated heterocycles. The van der Waals surface area contributed by atoms with Gasteiger partial charge in [0.25, 0.3) is 0 Å². The van der Waals surface area contributed by atoms with Crippen molar-refractivity contribution in [2.24, 2.45) is 0 Å². The maximum Gasteiger partial charge on any atom is 0.417 e. The Balaban J connectivity index is 2.17. The highest BCUT2D eigenvalue weighted by molar-refractivity contribution is 7.13. The highest BCUT2D eigenvalue weighted by atomic mass is 32.1. The monoisotopic (exact) mass is 348 g/mol. The molecule has 0 saturated carbocycles. The number of halogens is 3. The molecule has 0 fully saturated rings. The number of alkyl halides is 3. The van der Waals surface area contributed by atoms with Crippen LogP contribution < -0.4 is 0 Å². The second kappa shape index (κ2) is 5.01. The molecule has 0 amide bonds. The molecule has 4 nitrogen and oxygen atoms in total. The van der Waals surface area contributed by atoms with Gasteiger partial charge in [-0.15, -0.1) is 16.4 Å². The molecule has 0 aliphatic rings. The fourth-order valence-corrected chi connectivity index (χ4v) is 3.44. The third-order valence-electron chi connectivity index (χ3n) is 3.73. The van der Waals surface area contributed by atoms with E-state index in [1.165, 1.54) is 15.9 Å². The van der Waals surface area contributed by atoms with Crippen LogP contribution in [0.5, 0.6) is 0 Å². The molecule has 0 atom stereocenters. The standard InChI is InChI=1S/C16H11F3N4S/c1-8-6-9(2)23-15(20-8)13-10(16(17,18)19)7-11(21-14(13)22-23)12-4-3-5-24-12/h3-7H,1-2H3. The van der Waals surface area contributed by atoms with E-state index in [-0.39, 0.29) is 22.4 Å². The van der Waals surface area contributed by atoms with Gasteiger partial charge in [0.05, 0.1) is 21.5 Å². The Labute approximate surface area is 138 Å². The molecule has 4 rings (SSSR count). The van der Waals surface area contributed by atoms with Gasteiger partial charge in [-0.1, -0.05) is 6.07 Å². The fourth-order valence-electron chi connectivity index (χ4n) is 2.76. The number of aromatic nitrogens is 4. The number of rotatable bonds is 1. The zero-order valence-corrected chi connectivity index (χ0v) is 13.5. The van der Waals surface area contributed by atoms with Gasteiger partial charge in [-0.05, 0) is 37.4 Å². The van der Waals surface area contributed by atoms with Gasteiger partial charge in [0.15, 0.2) is 11.3 Å². The van der Waals surface area contributed by atoms with Crippen LogP contribution in [0.3, 0.4) is 0 Å². The minimum absolute atomic E-state index is 0.0504. The van der Waals surface area contributed by atoms with Crippen LogP contribution in [0.2, 0.25) is 0 Å². The second-order valence-corrected chi connectivity index (χ2v) is 6.45. The summed E-state index contributed by atoms with van der Waals surface area (Å²) < 4.78 is 42.4. The first-order valence-corrected chi connectivity index (χ1v) is 8.01. The average Bonchev–Trinajstić information content (AvgIpc) is 3.12. The highest BCUT2D eigenvalue weighted by Gasteiger charge is 2.36. The molecule has 0 spiro atoms. The summed E-state index contributed by atoms with van der Waals surface area (Å²) in [5, 5.41) is 5.99. The molecule has 0 radical (unpaired) electrons. The lowest BCUT2D eigenvalue weighted by atomic mass is 10.1. The number of hydrogen-bond acceptors (Lipinski definition) is 4. The quantitative estimate of drug-likeness (QED) is 0.503. The van der Waals surface area contributed by atoms with Crippen molar-refractivity contribution in [2.75, 3.05) is 0 Å². The molecule has 0 aromatic carbocycles. The summed E-state index contributed by atoms with van der Waals surface area (Å²) >= 11 is 1.34. The van der Waals surface area contributed by atoms with E-state index in [9.17, 15) is 13.2 Å². The van der Waals surface area contributed by atoms with Crippen molar-refractivity contribution in [2.45, 2.75) is 20.0 Å². The van der Waals surface area contributed by atoms with Gasteiger partial charge in [0.2, 0.25) is 0 Å². The maximum absolute atomic E-state index is 13.7. The van der Waals surface area contributed by atoms with E-state index < -0.39 is 11.7 Å². The Hall–Kier alpha value is -2.48. The smallest absolute Gasteiger partial charge is 0.233 e. The molecule has 122 valence electrons. The van der Waals surface area contributed by atoms with E-state index in [2.05, 4.69) is 15.1 Å². The lowest BCUT2D eigenvalue weighted by molar-refractivity contribution is -0.136. The van der Waals surface area contributed by atoms with Gasteiger partial charge < -0.3 is 0 Å². The maximum atomic E-state index is 13.7. The summed E-state index contributed by atoms with van der Waals surface area (Å²) in [5.41, 5.74) is 1.08. The van der Waals surface area contributed by atoms with Crippen LogP contribution in [-0.2, 0) is 6.18 Å². The molecule has 0 aliphatic carbocycles. The number of nitrogens with zero attached hydrogens (tertiary/aromatic N) is 4. The largest absolute Gasteiger partial charge is 0.417 e. The van der Waals surface area contributed by atoms with Crippen LogP contribution in [-0.4, -0.2) is 19.6 Å². The van der Waals surface area contributed by atoms with Crippen LogP contribution in [0.4, 0.5) is 13.2 Å². The highest BCUT2D eigenvalue weighted by Crippen LogP contribution is 2.38. The summed E-state index contributed by atoms with van der Waals surface area (Å²) in [5.74, 6) is 0. The van der Waals surface area contributed by atoms with Gasteiger partial charge >= 0.3 is 6.18 Å². The number of aryl methyl sites for hydroxylation is 2. The van der Waals surface area contributed by atoms with Crippen molar-refractivity contribution >= 4 is 28.0 Å². The summed E-state index contributed by atoms with van der Waals surface area (Å²) in [6.45, 7) is 3.52. The zero-order valence-electron chi connectivity index (χ0n) is 12.7. The van der Waals surface area contributed by atoms with E-state index in [0.29, 0.717) is 16.3 Å². The third-order valence-corrected chi connectivity index (χ3v) is 4.62. The van der Waals surface area contributed by atoms with Crippen LogP contribution in [0.25, 0.3) is 27.3 Å². The zero-order chi connectivity index (χ0) is 17.1. The summed E-state index contributed by atoms with van der Waals surface area (Å²) in [7, 11) is 0. The molecule has 0 aliphatic heterocycles. The number of thiophene rings is 1. The topological polar surface area (TPSA) is 43.1 Å². The van der Waals surface area contributed by atoms with E-state index in [1.807, 2.05) is 0 Å². The number of pyridine rings is 1. The normalized spacial score (nSPS) is 12.4. The van der Waals surface area contributed by atoms with Gasteiger partial charge in [-0.3, -0.25) is 0 Å². The first-order valence-electron chi connectivity index (χ1n) is 7.13. The summed E-state index contributed by atoms with van der Waals surface area (Å²) in [4.78, 5) is 9.26. The van der Waals surface area contributed by atoms with E-state index in [1.54, 1.807) is 37.4 Å². The molecule has 4 heterocycles. The van der Waals surface area contributed by atoms with Crippen LogP contribution >= 0.6 is 11.3 Å². The number of fused-ring (bicyclic) bond motifs is 3. The Morgan fingerprint density at radius 1 is 1.12 bits per heavy atom. The molecule has 4 aromatic rings. The van der Waals surface area contributed by atoms with Gasteiger partial charge in [-0.25, -0.2) is 14.5 Å². The molecule has 24 heavy (non-hydrogen) atoms. The van der Waals surface area contributed by atoms with Crippen LogP contribution in [0.15, 0.2) is 29.6 Å². The van der Waals surface area contributed by atoms with Crippen molar-refractivity contribution in [1.82, 2.24) is 19.6 Å². The summed E-state index contributed by atoms with van der Waals surface area (Å²) in [6, 6.07) is 6.36. The van der Waals surface area contributed by atoms with E-state index >= 15 is 0 Å². The molecular weight excluding hydrogens is 337 g/mol. The predicted octanol–water partition coefficient (Wildman–Crippen LogP) is 4.64. The molecule has 0 N–H and O–H groups in total. The van der Waals surface area contributed by atoms with Gasteiger partial charge in [0.1, 0.15) is 0 Å². The fraction of sp³-hybridized carbons (Fsp3) is 0.188. The van der Waals surface area contributed by atoms with E-state index in [0.717, 1.165) is 6.07 Å². The molecule has 8 heteroatoms. The molecule has 4 aromatic heterocycles. The molecule has 0 bridgehead atoms. The first-order chi connectivity index (χ1) is 11.3. The number of hydrogen-bond donors (Lipinski definition) is 0. The predicted molar refractivity (Wildman–Crippen MR) is 86.1 cm³/mol. The van der Waals surface area contributed by atoms with E-state index in [4.69, 9.17) is 0 Å². The van der Waals surface area contributed by atoms with Crippen molar-refractivity contribution in [1.29, 1.82) is 0 Å². The Morgan fingerprint density at radius 2 is 1.92 bits per heavy atom. The Bertz CT molecular complexity index is 1060. The molecular formula is C16H11F3N4S. The molecule has 0 unspecified atom stereocenters. The first kappa shape index (κ1) is 15.1. The SMILES string of the molecule is Cc1cc(C)n2nc3nc(-c4cccs4)cc(C(F)(F)F)c3c2n1. The van der Waals surface area contributed by atoms with Crippen molar-refractivity contribution in [3.8, 4) is 10.6 Å². The minimum Gasteiger partial charge on any atom is -0.233 e.